The number of thioether (sulfide) groups is 1. The highest BCUT2D eigenvalue weighted by Crippen LogP contribution is 2.22. The summed E-state index contributed by atoms with van der Waals surface area (Å²) in [6.45, 7) is 1.42. The maximum absolute atomic E-state index is 5.39. The van der Waals surface area contributed by atoms with Crippen molar-refractivity contribution in [2.24, 2.45) is 5.73 Å². The van der Waals surface area contributed by atoms with Crippen LogP contribution in [0.2, 0.25) is 0 Å². The van der Waals surface area contributed by atoms with E-state index in [9.17, 15) is 0 Å². The summed E-state index contributed by atoms with van der Waals surface area (Å²) in [6, 6.07) is 9.19. The topological polar surface area (TPSA) is 29.3 Å². The Morgan fingerprint density at radius 2 is 2.39 bits per heavy atom. The third-order valence-corrected chi connectivity index (χ3v) is 4.37. The molecule has 2 N–H and O–H groups in total. The highest BCUT2D eigenvalue weighted by Gasteiger charge is 2.19. The summed E-state index contributed by atoms with van der Waals surface area (Å²) in [7, 11) is 2.22. The van der Waals surface area contributed by atoms with Crippen LogP contribution in [-0.4, -0.2) is 36.0 Å². The van der Waals surface area contributed by atoms with E-state index in [1.54, 1.807) is 0 Å². The SMILES string of the molecule is CN(Cc1cccc(C#CCN)c1)C1CCSC1. The third-order valence-electron chi connectivity index (χ3n) is 3.22. The van der Waals surface area contributed by atoms with Gasteiger partial charge in [0.05, 0.1) is 6.54 Å². The molecule has 1 aliphatic heterocycles. The Morgan fingerprint density at radius 3 is 3.11 bits per heavy atom. The van der Waals surface area contributed by atoms with Gasteiger partial charge in [-0.2, -0.15) is 11.8 Å². The van der Waals surface area contributed by atoms with Crippen LogP contribution in [0.5, 0.6) is 0 Å². The number of rotatable bonds is 3. The Bertz CT molecular complexity index is 441. The predicted octanol–water partition coefficient (Wildman–Crippen LogP) is 1.93. The average molecular weight is 260 g/mol. The molecular formula is C15H20N2S. The lowest BCUT2D eigenvalue weighted by Crippen LogP contribution is -2.30. The summed E-state index contributed by atoms with van der Waals surface area (Å²) in [5.41, 5.74) is 7.79. The largest absolute Gasteiger partial charge is 0.320 e. The molecule has 1 atom stereocenters. The zero-order valence-corrected chi connectivity index (χ0v) is 11.7. The van der Waals surface area contributed by atoms with Gasteiger partial charge in [0.25, 0.3) is 0 Å². The van der Waals surface area contributed by atoms with Crippen molar-refractivity contribution in [3.63, 3.8) is 0 Å². The van der Waals surface area contributed by atoms with Gasteiger partial charge >= 0.3 is 0 Å². The smallest absolute Gasteiger partial charge is 0.0555 e. The highest BCUT2D eigenvalue weighted by atomic mass is 32.2. The molecule has 0 spiro atoms. The molecule has 18 heavy (non-hydrogen) atoms. The van der Waals surface area contributed by atoms with Crippen molar-refractivity contribution in [2.45, 2.75) is 19.0 Å². The summed E-state index contributed by atoms with van der Waals surface area (Å²) in [5, 5.41) is 0. The van der Waals surface area contributed by atoms with Gasteiger partial charge in [0, 0.05) is 23.9 Å². The van der Waals surface area contributed by atoms with Crippen LogP contribution < -0.4 is 5.73 Å². The van der Waals surface area contributed by atoms with Crippen molar-refractivity contribution in [3.05, 3.63) is 35.4 Å². The van der Waals surface area contributed by atoms with Gasteiger partial charge in [-0.05, 0) is 36.9 Å². The average Bonchev–Trinajstić information content (AvgIpc) is 2.91. The van der Waals surface area contributed by atoms with Crippen LogP contribution in [0.15, 0.2) is 24.3 Å². The van der Waals surface area contributed by atoms with E-state index >= 15 is 0 Å². The minimum atomic E-state index is 0.420. The molecule has 0 bridgehead atoms. The Balaban J connectivity index is 1.99. The zero-order valence-electron chi connectivity index (χ0n) is 10.9. The lowest BCUT2D eigenvalue weighted by atomic mass is 10.1. The van der Waals surface area contributed by atoms with Crippen molar-refractivity contribution < 1.29 is 0 Å². The van der Waals surface area contributed by atoms with Crippen molar-refractivity contribution >= 4 is 11.8 Å². The first kappa shape index (κ1) is 13.5. The predicted molar refractivity (Wildman–Crippen MR) is 79.6 cm³/mol. The van der Waals surface area contributed by atoms with Crippen LogP contribution in [0.3, 0.4) is 0 Å². The van der Waals surface area contributed by atoms with E-state index < -0.39 is 0 Å². The van der Waals surface area contributed by atoms with E-state index in [0.29, 0.717) is 6.54 Å². The number of nitrogens with zero attached hydrogens (tertiary/aromatic N) is 1. The van der Waals surface area contributed by atoms with Crippen molar-refractivity contribution in [3.8, 4) is 11.8 Å². The van der Waals surface area contributed by atoms with Gasteiger partial charge in [-0.1, -0.05) is 24.0 Å². The molecule has 0 saturated carbocycles. The van der Waals surface area contributed by atoms with E-state index in [2.05, 4.69) is 53.7 Å². The van der Waals surface area contributed by atoms with Gasteiger partial charge in [0.15, 0.2) is 0 Å². The number of benzene rings is 1. The van der Waals surface area contributed by atoms with Gasteiger partial charge in [0.2, 0.25) is 0 Å². The maximum Gasteiger partial charge on any atom is 0.0555 e. The summed E-state index contributed by atoms with van der Waals surface area (Å²) in [4.78, 5) is 2.45. The lowest BCUT2D eigenvalue weighted by molar-refractivity contribution is 0.254. The molecule has 1 unspecified atom stereocenters. The van der Waals surface area contributed by atoms with Gasteiger partial charge in [0.1, 0.15) is 0 Å². The Kier molecular flexibility index (Phi) is 5.12. The summed E-state index contributed by atoms with van der Waals surface area (Å²) >= 11 is 2.06. The van der Waals surface area contributed by atoms with Gasteiger partial charge in [-0.3, -0.25) is 4.90 Å². The monoisotopic (exact) mass is 260 g/mol. The minimum Gasteiger partial charge on any atom is -0.320 e. The normalized spacial score (nSPS) is 18.7. The fourth-order valence-corrected chi connectivity index (χ4v) is 3.49. The standard InChI is InChI=1S/C15H20N2S/c1-17(15-7-9-18-12-15)11-14-5-2-4-13(10-14)6-3-8-16/h2,4-5,10,15H,7-9,11-12,16H2,1H3. The molecule has 0 amide bonds. The molecule has 1 aromatic carbocycles. The Hall–Kier alpha value is -0.950. The third kappa shape index (κ3) is 3.78. The molecular weight excluding hydrogens is 240 g/mol. The second kappa shape index (κ2) is 6.84. The molecule has 2 rings (SSSR count). The molecule has 1 aromatic rings. The first-order valence-corrected chi connectivity index (χ1v) is 7.51. The van der Waals surface area contributed by atoms with Crippen molar-refractivity contribution in [1.29, 1.82) is 0 Å². The van der Waals surface area contributed by atoms with Crippen molar-refractivity contribution in [2.75, 3.05) is 25.1 Å². The molecule has 1 fully saturated rings. The van der Waals surface area contributed by atoms with Crippen LogP contribution in [0.25, 0.3) is 0 Å². The van der Waals surface area contributed by atoms with E-state index in [0.717, 1.165) is 18.2 Å². The Morgan fingerprint density at radius 1 is 1.50 bits per heavy atom. The van der Waals surface area contributed by atoms with Crippen LogP contribution in [0, 0.1) is 11.8 Å². The summed E-state index contributed by atoms with van der Waals surface area (Å²) in [5.74, 6) is 8.56. The van der Waals surface area contributed by atoms with Crippen LogP contribution in [-0.2, 0) is 6.54 Å². The van der Waals surface area contributed by atoms with Crippen molar-refractivity contribution in [1.82, 2.24) is 4.90 Å². The molecule has 2 nitrogen and oxygen atoms in total. The summed E-state index contributed by atoms with van der Waals surface area (Å²) in [6.07, 6.45) is 1.31. The second-order valence-electron chi connectivity index (χ2n) is 4.64. The molecule has 0 radical (unpaired) electrons. The molecule has 1 saturated heterocycles. The molecule has 1 heterocycles. The van der Waals surface area contributed by atoms with E-state index in [1.165, 1.54) is 23.5 Å². The van der Waals surface area contributed by atoms with E-state index in [1.807, 2.05) is 6.07 Å². The summed E-state index contributed by atoms with van der Waals surface area (Å²) < 4.78 is 0. The highest BCUT2D eigenvalue weighted by molar-refractivity contribution is 7.99. The molecule has 3 heteroatoms. The van der Waals surface area contributed by atoms with Crippen LogP contribution in [0.1, 0.15) is 17.5 Å². The zero-order chi connectivity index (χ0) is 12.8. The number of hydrogen-bond donors (Lipinski definition) is 1. The molecule has 96 valence electrons. The molecule has 0 aliphatic carbocycles. The minimum absolute atomic E-state index is 0.420. The van der Waals surface area contributed by atoms with E-state index in [-0.39, 0.29) is 0 Å². The fraction of sp³-hybridized carbons (Fsp3) is 0.467. The van der Waals surface area contributed by atoms with Gasteiger partial charge in [-0.15, -0.1) is 0 Å². The Labute approximate surface area is 114 Å². The van der Waals surface area contributed by atoms with Gasteiger partial charge < -0.3 is 5.73 Å². The van der Waals surface area contributed by atoms with Gasteiger partial charge in [-0.25, -0.2) is 0 Å². The van der Waals surface area contributed by atoms with Crippen LogP contribution in [0.4, 0.5) is 0 Å². The van der Waals surface area contributed by atoms with Crippen LogP contribution >= 0.6 is 11.8 Å². The first-order chi connectivity index (χ1) is 8.79. The quantitative estimate of drug-likeness (QED) is 0.842. The lowest BCUT2D eigenvalue weighted by Gasteiger charge is -2.23. The maximum atomic E-state index is 5.39. The van der Waals surface area contributed by atoms with E-state index in [4.69, 9.17) is 5.73 Å². The second-order valence-corrected chi connectivity index (χ2v) is 5.79. The molecule has 1 aliphatic rings. The number of hydrogen-bond acceptors (Lipinski definition) is 3. The first-order valence-electron chi connectivity index (χ1n) is 6.35. The fourth-order valence-electron chi connectivity index (χ4n) is 2.19. The molecule has 0 aromatic heterocycles. The number of nitrogens with two attached hydrogens (primary N) is 1.